The lowest BCUT2D eigenvalue weighted by atomic mass is 9.93. The predicted octanol–water partition coefficient (Wildman–Crippen LogP) is 1.97. The Morgan fingerprint density at radius 3 is 2.71 bits per heavy atom. The third-order valence-corrected chi connectivity index (χ3v) is 4.27. The lowest BCUT2D eigenvalue weighted by molar-refractivity contribution is 0.174. The zero-order chi connectivity index (χ0) is 13.8. The topological polar surface area (TPSA) is 21.7 Å². The molecule has 3 heteroatoms. The molecule has 2 aromatic rings. The highest BCUT2D eigenvalue weighted by Gasteiger charge is 2.26. The van der Waals surface area contributed by atoms with Gasteiger partial charge in [0.1, 0.15) is 0 Å². The monoisotopic (exact) mass is 275 g/mol. The Balaban J connectivity index is 1.74. The fraction of sp³-hybridized carbons (Fsp3) is 0.111. The van der Waals surface area contributed by atoms with Gasteiger partial charge in [-0.25, -0.2) is 0 Å². The van der Waals surface area contributed by atoms with Gasteiger partial charge < -0.3 is 14.4 Å². The van der Waals surface area contributed by atoms with Gasteiger partial charge in [0.05, 0.1) is 6.04 Å². The van der Waals surface area contributed by atoms with Crippen LogP contribution in [-0.2, 0) is 0 Å². The van der Waals surface area contributed by atoms with Crippen LogP contribution in [0.3, 0.4) is 0 Å². The fourth-order valence-corrected chi connectivity index (χ4v) is 3.20. The van der Waals surface area contributed by atoms with Gasteiger partial charge in [-0.2, -0.15) is 0 Å². The van der Waals surface area contributed by atoms with Crippen molar-refractivity contribution in [3.05, 3.63) is 64.2 Å². The number of fused-ring (bicyclic) bond motifs is 5. The smallest absolute Gasteiger partial charge is 0.231 e. The van der Waals surface area contributed by atoms with E-state index in [0.717, 1.165) is 11.5 Å². The van der Waals surface area contributed by atoms with Crippen LogP contribution in [0.1, 0.15) is 17.2 Å². The average molecular weight is 275 g/mol. The number of ether oxygens (including phenoxy) is 2. The van der Waals surface area contributed by atoms with Gasteiger partial charge >= 0.3 is 0 Å². The van der Waals surface area contributed by atoms with Gasteiger partial charge in [-0.1, -0.05) is 24.3 Å². The predicted molar refractivity (Wildman–Crippen MR) is 80.8 cm³/mol. The van der Waals surface area contributed by atoms with Gasteiger partial charge in [0, 0.05) is 12.4 Å². The van der Waals surface area contributed by atoms with Crippen LogP contribution in [0.15, 0.2) is 42.6 Å². The summed E-state index contributed by atoms with van der Waals surface area (Å²) >= 11 is 0. The Kier molecular flexibility index (Phi) is 2.06. The molecule has 3 aliphatic heterocycles. The summed E-state index contributed by atoms with van der Waals surface area (Å²) in [6, 6.07) is 12.9. The molecule has 0 fully saturated rings. The molecule has 1 atom stereocenters. The van der Waals surface area contributed by atoms with E-state index in [0.29, 0.717) is 6.79 Å². The number of hydrogen-bond acceptors (Lipinski definition) is 3. The summed E-state index contributed by atoms with van der Waals surface area (Å²) in [5.41, 5.74) is 2.46. The SMILES string of the molecule is C1=CN2C=c3ccccc3=CC2c2cc3c(cc21)OCO3. The van der Waals surface area contributed by atoms with Crippen LogP contribution in [0.25, 0.3) is 18.4 Å². The molecule has 5 rings (SSSR count). The summed E-state index contributed by atoms with van der Waals surface area (Å²) in [6.45, 7) is 0.314. The van der Waals surface area contributed by atoms with Gasteiger partial charge in [-0.05, 0) is 45.8 Å². The number of hydrogen-bond donors (Lipinski definition) is 0. The van der Waals surface area contributed by atoms with Crippen molar-refractivity contribution in [1.29, 1.82) is 0 Å². The average Bonchev–Trinajstić information content (AvgIpc) is 2.98. The molecule has 0 spiro atoms. The maximum Gasteiger partial charge on any atom is 0.231 e. The molecule has 102 valence electrons. The van der Waals surface area contributed by atoms with Gasteiger partial charge in [0.2, 0.25) is 6.79 Å². The second kappa shape index (κ2) is 3.92. The minimum Gasteiger partial charge on any atom is -0.454 e. The zero-order valence-corrected chi connectivity index (χ0v) is 11.3. The van der Waals surface area contributed by atoms with Crippen LogP contribution >= 0.6 is 0 Å². The lowest BCUT2D eigenvalue weighted by Gasteiger charge is -2.32. The molecule has 3 heterocycles. The molecule has 1 unspecified atom stereocenters. The maximum absolute atomic E-state index is 5.52. The second-order valence-electron chi connectivity index (χ2n) is 5.47. The first-order valence-electron chi connectivity index (χ1n) is 7.06. The summed E-state index contributed by atoms with van der Waals surface area (Å²) in [4.78, 5) is 2.24. The van der Waals surface area contributed by atoms with Crippen molar-refractivity contribution in [1.82, 2.24) is 4.90 Å². The van der Waals surface area contributed by atoms with E-state index in [9.17, 15) is 0 Å². The Hall–Kier alpha value is -2.68. The largest absolute Gasteiger partial charge is 0.454 e. The molecule has 2 aromatic carbocycles. The van der Waals surface area contributed by atoms with E-state index in [-0.39, 0.29) is 6.04 Å². The van der Waals surface area contributed by atoms with Crippen LogP contribution in [0.2, 0.25) is 0 Å². The fourth-order valence-electron chi connectivity index (χ4n) is 3.20. The van der Waals surface area contributed by atoms with E-state index in [1.54, 1.807) is 0 Å². The number of nitrogens with zero attached hydrogens (tertiary/aromatic N) is 1. The van der Waals surface area contributed by atoms with Gasteiger partial charge in [-0.15, -0.1) is 0 Å². The van der Waals surface area contributed by atoms with Crippen molar-refractivity contribution in [2.24, 2.45) is 0 Å². The molecule has 0 amide bonds. The first kappa shape index (κ1) is 11.0. The van der Waals surface area contributed by atoms with Crippen LogP contribution in [-0.4, -0.2) is 11.7 Å². The summed E-state index contributed by atoms with van der Waals surface area (Å²) in [5.74, 6) is 1.68. The summed E-state index contributed by atoms with van der Waals surface area (Å²) < 4.78 is 11.0. The molecule has 0 aliphatic carbocycles. The minimum atomic E-state index is 0.217. The van der Waals surface area contributed by atoms with Crippen LogP contribution in [0, 0.1) is 0 Å². The standard InChI is InChI=1S/C18H13NO2/c1-2-4-14-10-19-6-5-13-8-17-18(21-11-20-17)9-15(13)16(19)7-12(14)3-1/h1-10,16H,11H2. The number of rotatable bonds is 0. The molecule has 0 saturated heterocycles. The van der Waals surface area contributed by atoms with Gasteiger partial charge in [0.25, 0.3) is 0 Å². The van der Waals surface area contributed by atoms with E-state index in [1.165, 1.54) is 21.6 Å². The van der Waals surface area contributed by atoms with E-state index in [2.05, 4.69) is 65.9 Å². The van der Waals surface area contributed by atoms with E-state index in [1.807, 2.05) is 0 Å². The van der Waals surface area contributed by atoms with Crippen LogP contribution < -0.4 is 19.9 Å². The Bertz CT molecular complexity index is 898. The van der Waals surface area contributed by atoms with Crippen molar-refractivity contribution in [2.45, 2.75) is 6.04 Å². The molecule has 3 nitrogen and oxygen atoms in total. The summed E-state index contributed by atoms with van der Waals surface area (Å²) in [5, 5.41) is 2.53. The molecule has 3 aliphatic rings. The highest BCUT2D eigenvalue weighted by Crippen LogP contribution is 2.41. The zero-order valence-electron chi connectivity index (χ0n) is 11.3. The highest BCUT2D eigenvalue weighted by molar-refractivity contribution is 5.68. The maximum atomic E-state index is 5.52. The molecular formula is C18H13NO2. The Labute approximate surface area is 122 Å². The van der Waals surface area contributed by atoms with Crippen molar-refractivity contribution in [3.63, 3.8) is 0 Å². The van der Waals surface area contributed by atoms with E-state index < -0.39 is 0 Å². The van der Waals surface area contributed by atoms with Crippen molar-refractivity contribution >= 4 is 18.4 Å². The molecule has 21 heavy (non-hydrogen) atoms. The minimum absolute atomic E-state index is 0.217. The third-order valence-electron chi connectivity index (χ3n) is 4.27. The van der Waals surface area contributed by atoms with Crippen molar-refractivity contribution in [3.8, 4) is 11.5 Å². The normalized spacial score (nSPS) is 20.0. The first-order chi connectivity index (χ1) is 10.4. The molecule has 0 saturated carbocycles. The van der Waals surface area contributed by atoms with Crippen molar-refractivity contribution < 1.29 is 9.47 Å². The van der Waals surface area contributed by atoms with E-state index >= 15 is 0 Å². The van der Waals surface area contributed by atoms with Crippen molar-refractivity contribution in [2.75, 3.05) is 6.79 Å². The quantitative estimate of drug-likeness (QED) is 0.734. The van der Waals surface area contributed by atoms with E-state index in [4.69, 9.17) is 9.47 Å². The molecule has 0 aromatic heterocycles. The first-order valence-corrected chi connectivity index (χ1v) is 7.06. The van der Waals surface area contributed by atoms with Crippen LogP contribution in [0.4, 0.5) is 0 Å². The lowest BCUT2D eigenvalue weighted by Crippen LogP contribution is -2.36. The van der Waals surface area contributed by atoms with Gasteiger partial charge in [-0.3, -0.25) is 0 Å². The highest BCUT2D eigenvalue weighted by atomic mass is 16.7. The summed E-state index contributed by atoms with van der Waals surface area (Å²) in [7, 11) is 0. The Morgan fingerprint density at radius 1 is 1.00 bits per heavy atom. The number of benzene rings is 2. The Morgan fingerprint density at radius 2 is 1.81 bits per heavy atom. The molecule has 0 N–H and O–H groups in total. The molecule has 0 radical (unpaired) electrons. The molecular weight excluding hydrogens is 262 g/mol. The second-order valence-corrected chi connectivity index (χ2v) is 5.47. The molecule has 0 bridgehead atoms. The third kappa shape index (κ3) is 1.54. The van der Waals surface area contributed by atoms with Crippen LogP contribution in [0.5, 0.6) is 11.5 Å². The van der Waals surface area contributed by atoms with Gasteiger partial charge in [0.15, 0.2) is 11.5 Å². The summed E-state index contributed by atoms with van der Waals surface area (Å²) in [6.07, 6.45) is 8.76.